The highest BCUT2D eigenvalue weighted by Gasteiger charge is 2.09. The molecule has 1 aliphatic rings. The van der Waals surface area contributed by atoms with Crippen LogP contribution in [0.25, 0.3) is 0 Å². The summed E-state index contributed by atoms with van der Waals surface area (Å²) in [5.41, 5.74) is 0. The van der Waals surface area contributed by atoms with Crippen molar-refractivity contribution in [1.82, 2.24) is 4.90 Å². The van der Waals surface area contributed by atoms with Crippen molar-refractivity contribution in [2.45, 2.75) is 77.0 Å². The van der Waals surface area contributed by atoms with E-state index in [9.17, 15) is 0 Å². The third-order valence-electron chi connectivity index (χ3n) is 3.92. The first kappa shape index (κ1) is 15.0. The van der Waals surface area contributed by atoms with Crippen LogP contribution in [-0.4, -0.2) is 24.5 Å². The van der Waals surface area contributed by atoms with Gasteiger partial charge in [0.25, 0.3) is 0 Å². The van der Waals surface area contributed by atoms with Gasteiger partial charge in [0, 0.05) is 0 Å². The van der Waals surface area contributed by atoms with Crippen molar-refractivity contribution >= 4 is 0 Å². The van der Waals surface area contributed by atoms with Gasteiger partial charge in [-0.25, -0.2) is 0 Å². The Kier molecular flexibility index (Phi) is 9.78. The first-order valence-electron chi connectivity index (χ1n) is 7.95. The van der Waals surface area contributed by atoms with Crippen LogP contribution in [0, 0.1) is 6.92 Å². The second-order valence-electron chi connectivity index (χ2n) is 5.58. The largest absolute Gasteiger partial charge is 0.303 e. The van der Waals surface area contributed by atoms with Gasteiger partial charge in [-0.15, -0.1) is 0 Å². The topological polar surface area (TPSA) is 3.24 Å². The minimum absolute atomic E-state index is 1.12. The number of unbranched alkanes of at least 4 members (excludes halogenated alkanes) is 9. The van der Waals surface area contributed by atoms with Gasteiger partial charge in [0.1, 0.15) is 0 Å². The minimum Gasteiger partial charge on any atom is -0.303 e. The van der Waals surface area contributed by atoms with Gasteiger partial charge in [-0.1, -0.05) is 64.7 Å². The third kappa shape index (κ3) is 8.65. The van der Waals surface area contributed by atoms with E-state index in [0.29, 0.717) is 0 Å². The molecule has 0 aromatic heterocycles. The van der Waals surface area contributed by atoms with E-state index in [1.807, 2.05) is 0 Å². The molecule has 0 aromatic carbocycles. The summed E-state index contributed by atoms with van der Waals surface area (Å²) in [7, 11) is 0. The standard InChI is InChI=1S/C16H32N/c1-2-3-4-5-6-7-8-9-10-11-14-17-15-12-13-16-17/h1-16H2. The molecule has 0 spiro atoms. The fraction of sp³-hybridized carbons (Fsp3) is 0.938. The average molecular weight is 238 g/mol. The molecule has 1 heteroatoms. The van der Waals surface area contributed by atoms with Crippen molar-refractivity contribution in [3.8, 4) is 0 Å². The molecular formula is C16H32N. The van der Waals surface area contributed by atoms with Gasteiger partial charge in [-0.05, 0) is 38.9 Å². The summed E-state index contributed by atoms with van der Waals surface area (Å²) >= 11 is 0. The number of hydrogen-bond donors (Lipinski definition) is 0. The molecule has 0 unspecified atom stereocenters. The van der Waals surface area contributed by atoms with E-state index >= 15 is 0 Å². The normalized spacial score (nSPS) is 16.8. The Morgan fingerprint density at radius 3 is 1.65 bits per heavy atom. The zero-order valence-electron chi connectivity index (χ0n) is 11.8. The molecule has 1 saturated heterocycles. The number of nitrogens with zero attached hydrogens (tertiary/aromatic N) is 1. The Morgan fingerprint density at radius 2 is 1.12 bits per heavy atom. The van der Waals surface area contributed by atoms with Gasteiger partial charge >= 0.3 is 0 Å². The van der Waals surface area contributed by atoms with E-state index in [-0.39, 0.29) is 0 Å². The summed E-state index contributed by atoms with van der Waals surface area (Å²) in [5.74, 6) is 0. The van der Waals surface area contributed by atoms with Gasteiger partial charge in [-0.3, -0.25) is 0 Å². The van der Waals surface area contributed by atoms with E-state index in [1.54, 1.807) is 0 Å². The van der Waals surface area contributed by atoms with Crippen molar-refractivity contribution in [1.29, 1.82) is 0 Å². The average Bonchev–Trinajstić information content (AvgIpc) is 2.85. The van der Waals surface area contributed by atoms with E-state index in [1.165, 1.54) is 90.3 Å². The van der Waals surface area contributed by atoms with Crippen molar-refractivity contribution in [3.63, 3.8) is 0 Å². The first-order chi connectivity index (χ1) is 8.43. The third-order valence-corrected chi connectivity index (χ3v) is 3.92. The highest BCUT2D eigenvalue weighted by molar-refractivity contribution is 4.65. The first-order valence-corrected chi connectivity index (χ1v) is 7.95. The van der Waals surface area contributed by atoms with Crippen molar-refractivity contribution in [3.05, 3.63) is 6.92 Å². The van der Waals surface area contributed by atoms with Crippen molar-refractivity contribution in [2.24, 2.45) is 0 Å². The predicted octanol–water partition coefficient (Wildman–Crippen LogP) is 4.82. The maximum Gasteiger partial charge on any atom is -0.00183 e. The molecule has 1 rings (SSSR count). The van der Waals surface area contributed by atoms with Crippen molar-refractivity contribution in [2.75, 3.05) is 19.6 Å². The lowest BCUT2D eigenvalue weighted by molar-refractivity contribution is 0.327. The van der Waals surface area contributed by atoms with Gasteiger partial charge in [0.2, 0.25) is 0 Å². The van der Waals surface area contributed by atoms with E-state index < -0.39 is 0 Å². The Hall–Kier alpha value is -0.0400. The van der Waals surface area contributed by atoms with Gasteiger partial charge in [0.15, 0.2) is 0 Å². The molecule has 1 nitrogen and oxygen atoms in total. The summed E-state index contributed by atoms with van der Waals surface area (Å²) in [5, 5.41) is 0. The Balaban J connectivity index is 1.69. The highest BCUT2D eigenvalue weighted by atomic mass is 15.1. The van der Waals surface area contributed by atoms with Crippen LogP contribution < -0.4 is 0 Å². The number of hydrogen-bond acceptors (Lipinski definition) is 1. The van der Waals surface area contributed by atoms with Crippen LogP contribution in [0.2, 0.25) is 0 Å². The highest BCUT2D eigenvalue weighted by Crippen LogP contribution is 2.12. The summed E-state index contributed by atoms with van der Waals surface area (Å²) in [4.78, 5) is 2.64. The molecule has 0 N–H and O–H groups in total. The van der Waals surface area contributed by atoms with Crippen LogP contribution in [0.3, 0.4) is 0 Å². The summed E-state index contributed by atoms with van der Waals surface area (Å²) < 4.78 is 0. The van der Waals surface area contributed by atoms with E-state index in [2.05, 4.69) is 11.8 Å². The second-order valence-corrected chi connectivity index (χ2v) is 5.58. The van der Waals surface area contributed by atoms with Gasteiger partial charge < -0.3 is 4.90 Å². The lowest BCUT2D eigenvalue weighted by atomic mass is 10.1. The summed E-state index contributed by atoms with van der Waals surface area (Å²) in [6.07, 6.45) is 16.9. The lowest BCUT2D eigenvalue weighted by Gasteiger charge is -2.13. The smallest absolute Gasteiger partial charge is 0.00183 e. The predicted molar refractivity (Wildman–Crippen MR) is 77.2 cm³/mol. The fourth-order valence-electron chi connectivity index (χ4n) is 2.76. The molecule has 0 atom stereocenters. The van der Waals surface area contributed by atoms with E-state index in [0.717, 1.165) is 6.42 Å². The Labute approximate surface area is 109 Å². The molecule has 101 valence electrons. The quantitative estimate of drug-likeness (QED) is 0.467. The van der Waals surface area contributed by atoms with Crippen LogP contribution in [-0.2, 0) is 0 Å². The maximum absolute atomic E-state index is 3.88. The fourth-order valence-corrected chi connectivity index (χ4v) is 2.76. The van der Waals surface area contributed by atoms with Crippen LogP contribution in [0.1, 0.15) is 77.0 Å². The SMILES string of the molecule is [CH2]CCCCCCCCCCCN1CCCC1. The summed E-state index contributed by atoms with van der Waals surface area (Å²) in [6.45, 7) is 7.98. The monoisotopic (exact) mass is 238 g/mol. The number of rotatable bonds is 11. The number of likely N-dealkylation sites (tertiary alicyclic amines) is 1. The van der Waals surface area contributed by atoms with Crippen molar-refractivity contribution < 1.29 is 0 Å². The van der Waals surface area contributed by atoms with Gasteiger partial charge in [0.05, 0.1) is 0 Å². The molecular weight excluding hydrogens is 206 g/mol. The molecule has 17 heavy (non-hydrogen) atoms. The van der Waals surface area contributed by atoms with Crippen LogP contribution >= 0.6 is 0 Å². The van der Waals surface area contributed by atoms with Gasteiger partial charge in [-0.2, -0.15) is 0 Å². The Morgan fingerprint density at radius 1 is 0.647 bits per heavy atom. The molecule has 1 fully saturated rings. The zero-order valence-corrected chi connectivity index (χ0v) is 11.8. The second kappa shape index (κ2) is 11.1. The van der Waals surface area contributed by atoms with E-state index in [4.69, 9.17) is 0 Å². The van der Waals surface area contributed by atoms with Crippen LogP contribution in [0.15, 0.2) is 0 Å². The molecule has 0 aromatic rings. The Bertz CT molecular complexity index is 150. The minimum atomic E-state index is 1.12. The molecule has 1 heterocycles. The molecule has 0 amide bonds. The molecule has 0 saturated carbocycles. The lowest BCUT2D eigenvalue weighted by Crippen LogP contribution is -2.20. The molecule has 0 aliphatic carbocycles. The van der Waals surface area contributed by atoms with Crippen LogP contribution in [0.4, 0.5) is 0 Å². The van der Waals surface area contributed by atoms with Crippen LogP contribution in [0.5, 0.6) is 0 Å². The molecule has 1 aliphatic heterocycles. The molecule has 1 radical (unpaired) electrons. The summed E-state index contributed by atoms with van der Waals surface area (Å²) in [6, 6.07) is 0. The maximum atomic E-state index is 3.88. The molecule has 0 bridgehead atoms. The zero-order chi connectivity index (χ0) is 12.2.